The first-order chi connectivity index (χ1) is 9.79. The Morgan fingerprint density at radius 1 is 1.14 bits per heavy atom. The van der Waals surface area contributed by atoms with Crippen molar-refractivity contribution in [3.05, 3.63) is 58.7 Å². The minimum Gasteiger partial charge on any atom is -0.273 e. The summed E-state index contributed by atoms with van der Waals surface area (Å²) in [4.78, 5) is -0.0659. The highest BCUT2D eigenvalue weighted by molar-refractivity contribution is 7.90. The monoisotopic (exact) mass is 332 g/mol. The first kappa shape index (κ1) is 15.7. The molecular formula is C13H11ClF2N2O2S. The number of nitrogens with zero attached hydrogens (tertiary/aromatic N) is 2. The van der Waals surface area contributed by atoms with Gasteiger partial charge in [-0.15, -0.1) is 4.40 Å². The highest BCUT2D eigenvalue weighted by Crippen LogP contribution is 2.14. The van der Waals surface area contributed by atoms with Gasteiger partial charge in [0.2, 0.25) is 0 Å². The lowest BCUT2D eigenvalue weighted by Crippen LogP contribution is -2.22. The zero-order chi connectivity index (χ0) is 15.6. The number of hydrogen-bond acceptors (Lipinski definition) is 2. The van der Waals surface area contributed by atoms with Gasteiger partial charge >= 0.3 is 6.55 Å². The average Bonchev–Trinajstić information content (AvgIpc) is 2.41. The van der Waals surface area contributed by atoms with E-state index in [2.05, 4.69) is 4.40 Å². The van der Waals surface area contributed by atoms with Crippen LogP contribution in [0.2, 0.25) is 5.02 Å². The molecule has 2 aromatic rings. The Morgan fingerprint density at radius 2 is 1.76 bits per heavy atom. The normalized spacial score (nSPS) is 12.9. The van der Waals surface area contributed by atoms with E-state index in [1.165, 1.54) is 18.2 Å². The molecule has 0 radical (unpaired) electrons. The lowest BCUT2D eigenvalue weighted by atomic mass is 10.2. The van der Waals surface area contributed by atoms with Crippen LogP contribution in [-0.4, -0.2) is 13.0 Å². The number of hydrogen-bond donors (Lipinski definition) is 0. The second kappa shape index (κ2) is 5.95. The zero-order valence-electron chi connectivity index (χ0n) is 10.9. The number of rotatable bonds is 3. The molecular weight excluding hydrogens is 322 g/mol. The Labute approximate surface area is 125 Å². The van der Waals surface area contributed by atoms with Gasteiger partial charge in [0.25, 0.3) is 10.0 Å². The fourth-order valence-electron chi connectivity index (χ4n) is 1.60. The van der Waals surface area contributed by atoms with Gasteiger partial charge in [0.05, 0.1) is 9.92 Å². The topological polar surface area (TPSA) is 51.4 Å². The summed E-state index contributed by atoms with van der Waals surface area (Å²) in [6, 6.07) is 8.37. The molecule has 0 saturated heterocycles. The Balaban J connectivity index is 2.60. The molecule has 2 rings (SSSR count). The second-order valence-corrected chi connectivity index (χ2v) is 6.31. The fourth-order valence-corrected chi connectivity index (χ4v) is 2.76. The molecule has 0 spiro atoms. The number of halogens is 3. The van der Waals surface area contributed by atoms with Crippen LogP contribution in [0.15, 0.2) is 51.9 Å². The number of aromatic nitrogens is 1. The van der Waals surface area contributed by atoms with Crippen LogP contribution < -0.4 is 5.49 Å². The molecule has 21 heavy (non-hydrogen) atoms. The predicted octanol–water partition coefficient (Wildman–Crippen LogP) is 3.13. The summed E-state index contributed by atoms with van der Waals surface area (Å²) in [5.41, 5.74) is 0.484. The summed E-state index contributed by atoms with van der Waals surface area (Å²) >= 11 is 5.62. The smallest absolute Gasteiger partial charge is 0.273 e. The van der Waals surface area contributed by atoms with Crippen molar-refractivity contribution in [1.29, 1.82) is 0 Å². The molecule has 0 aliphatic heterocycles. The van der Waals surface area contributed by atoms with E-state index in [9.17, 15) is 17.2 Å². The van der Waals surface area contributed by atoms with E-state index in [-0.39, 0.29) is 9.92 Å². The van der Waals surface area contributed by atoms with E-state index in [4.69, 9.17) is 11.6 Å². The van der Waals surface area contributed by atoms with Gasteiger partial charge in [0.1, 0.15) is 0 Å². The van der Waals surface area contributed by atoms with Gasteiger partial charge in [-0.2, -0.15) is 17.2 Å². The number of aryl methyl sites for hydroxylation is 1. The number of pyridine rings is 1. The molecule has 1 aromatic heterocycles. The summed E-state index contributed by atoms with van der Waals surface area (Å²) in [7, 11) is -4.07. The van der Waals surface area contributed by atoms with Crippen molar-refractivity contribution in [2.75, 3.05) is 0 Å². The molecule has 0 saturated carbocycles. The minimum absolute atomic E-state index is 0.0574. The molecule has 1 aromatic carbocycles. The third kappa shape index (κ3) is 3.68. The lowest BCUT2D eigenvalue weighted by Gasteiger charge is -2.06. The molecule has 0 bridgehead atoms. The summed E-state index contributed by atoms with van der Waals surface area (Å²) < 4.78 is 53.9. The number of sulfonamides is 1. The summed E-state index contributed by atoms with van der Waals surface area (Å²) in [5, 5.41) is 0.0574. The van der Waals surface area contributed by atoms with Gasteiger partial charge in [-0.05, 0) is 31.2 Å². The molecule has 0 aliphatic rings. The van der Waals surface area contributed by atoms with Crippen LogP contribution in [0.4, 0.5) is 8.78 Å². The maximum Gasteiger partial charge on any atom is 0.320 e. The van der Waals surface area contributed by atoms with Crippen molar-refractivity contribution in [3.63, 3.8) is 0 Å². The first-order valence-electron chi connectivity index (χ1n) is 5.83. The van der Waals surface area contributed by atoms with Crippen LogP contribution in [0, 0.1) is 6.92 Å². The van der Waals surface area contributed by atoms with Gasteiger partial charge in [-0.3, -0.25) is 4.57 Å². The van der Waals surface area contributed by atoms with Crippen molar-refractivity contribution in [2.45, 2.75) is 18.4 Å². The molecule has 112 valence electrons. The van der Waals surface area contributed by atoms with Gasteiger partial charge in [-0.1, -0.05) is 29.3 Å². The molecule has 1 heterocycles. The first-order valence-corrected chi connectivity index (χ1v) is 7.65. The quantitative estimate of drug-likeness (QED) is 0.867. The van der Waals surface area contributed by atoms with Crippen LogP contribution in [0.5, 0.6) is 0 Å². The molecule has 8 heteroatoms. The Bertz CT molecular complexity index is 815. The van der Waals surface area contributed by atoms with E-state index in [0.717, 1.165) is 17.8 Å². The van der Waals surface area contributed by atoms with Crippen molar-refractivity contribution in [1.82, 2.24) is 4.57 Å². The largest absolute Gasteiger partial charge is 0.320 e. The van der Waals surface area contributed by atoms with Crippen molar-refractivity contribution < 1.29 is 17.2 Å². The SMILES string of the molecule is Cc1ccc(S(=O)(=O)N=c2ccc(Cl)cn2C(F)F)cc1. The zero-order valence-corrected chi connectivity index (χ0v) is 12.4. The van der Waals surface area contributed by atoms with E-state index < -0.39 is 22.1 Å². The minimum atomic E-state index is -4.07. The van der Waals surface area contributed by atoms with Crippen molar-refractivity contribution >= 4 is 21.6 Å². The average molecular weight is 333 g/mol. The van der Waals surface area contributed by atoms with Crippen molar-refractivity contribution in [3.8, 4) is 0 Å². The third-order valence-corrected chi connectivity index (χ3v) is 4.18. The van der Waals surface area contributed by atoms with E-state index in [1.54, 1.807) is 19.1 Å². The highest BCUT2D eigenvalue weighted by Gasteiger charge is 2.14. The summed E-state index contributed by atoms with van der Waals surface area (Å²) in [6.45, 7) is -1.15. The predicted molar refractivity (Wildman–Crippen MR) is 74.6 cm³/mol. The van der Waals surface area contributed by atoms with Crippen LogP contribution in [-0.2, 0) is 10.0 Å². The summed E-state index contributed by atoms with van der Waals surface area (Å²) in [5.74, 6) is 0. The highest BCUT2D eigenvalue weighted by atomic mass is 35.5. The van der Waals surface area contributed by atoms with Crippen LogP contribution in [0.25, 0.3) is 0 Å². The van der Waals surface area contributed by atoms with Crippen molar-refractivity contribution in [2.24, 2.45) is 4.40 Å². The Kier molecular flexibility index (Phi) is 4.43. The summed E-state index contributed by atoms with van der Waals surface area (Å²) in [6.07, 6.45) is 0.926. The molecule has 0 fully saturated rings. The van der Waals surface area contributed by atoms with E-state index >= 15 is 0 Å². The van der Waals surface area contributed by atoms with Gasteiger partial charge in [-0.25, -0.2) is 0 Å². The number of benzene rings is 1. The van der Waals surface area contributed by atoms with Crippen LogP contribution >= 0.6 is 11.6 Å². The molecule has 0 aliphatic carbocycles. The van der Waals surface area contributed by atoms with Crippen LogP contribution in [0.3, 0.4) is 0 Å². The van der Waals surface area contributed by atoms with Crippen LogP contribution in [0.1, 0.15) is 12.1 Å². The molecule has 0 unspecified atom stereocenters. The third-order valence-electron chi connectivity index (χ3n) is 2.66. The maximum atomic E-state index is 12.9. The maximum absolute atomic E-state index is 12.9. The fraction of sp³-hybridized carbons (Fsp3) is 0.154. The standard InChI is InChI=1S/C13H11ClF2N2O2S/c1-9-2-5-11(6-3-9)21(19,20)17-12-7-4-10(14)8-18(12)13(15)16/h2-8,13H,1H3. The van der Waals surface area contributed by atoms with Gasteiger partial charge in [0, 0.05) is 6.20 Å². The second-order valence-electron chi connectivity index (χ2n) is 4.27. The molecule has 0 N–H and O–H groups in total. The van der Waals surface area contributed by atoms with Gasteiger partial charge in [0.15, 0.2) is 5.49 Å². The lowest BCUT2D eigenvalue weighted by molar-refractivity contribution is 0.0657. The molecule has 0 atom stereocenters. The number of alkyl halides is 2. The Hall–Kier alpha value is -1.73. The van der Waals surface area contributed by atoms with Gasteiger partial charge < -0.3 is 0 Å². The molecule has 4 nitrogen and oxygen atoms in total. The van der Waals surface area contributed by atoms with E-state index in [1.807, 2.05) is 0 Å². The molecule has 0 amide bonds. The van der Waals surface area contributed by atoms with E-state index in [0.29, 0.717) is 4.57 Å². The Morgan fingerprint density at radius 3 is 2.33 bits per heavy atom.